The maximum atomic E-state index is 10.6. The highest BCUT2D eigenvalue weighted by Crippen LogP contribution is 2.38. The van der Waals surface area contributed by atoms with E-state index >= 15 is 0 Å². The fourth-order valence-corrected chi connectivity index (χ4v) is 3.25. The molecule has 1 unspecified atom stereocenters. The summed E-state index contributed by atoms with van der Waals surface area (Å²) in [5.74, 6) is 0.398. The molecule has 0 bridgehead atoms. The smallest absolute Gasteiger partial charge is 0.169 e. The molecule has 0 fully saturated rings. The van der Waals surface area contributed by atoms with E-state index in [2.05, 4.69) is 29.2 Å². The Morgan fingerprint density at radius 1 is 1.38 bits per heavy atom. The molecule has 1 aromatic heterocycles. The van der Waals surface area contributed by atoms with Crippen molar-refractivity contribution in [2.45, 2.75) is 18.8 Å². The highest BCUT2D eigenvalue weighted by molar-refractivity contribution is 7.09. The van der Waals surface area contributed by atoms with E-state index in [1.165, 1.54) is 11.1 Å². The van der Waals surface area contributed by atoms with Crippen LogP contribution >= 0.6 is 11.3 Å². The van der Waals surface area contributed by atoms with Crippen LogP contribution in [0, 0.1) is 0 Å². The maximum absolute atomic E-state index is 10.6. The van der Waals surface area contributed by atoms with Crippen LogP contribution in [0.2, 0.25) is 0 Å². The Morgan fingerprint density at radius 2 is 2.25 bits per heavy atom. The van der Waals surface area contributed by atoms with Gasteiger partial charge in [-0.1, -0.05) is 24.3 Å². The minimum Gasteiger partial charge on any atom is -0.296 e. The van der Waals surface area contributed by atoms with Crippen molar-refractivity contribution in [2.75, 3.05) is 0 Å². The van der Waals surface area contributed by atoms with Crippen molar-refractivity contribution in [2.24, 2.45) is 0 Å². The number of aromatic nitrogens is 1. The van der Waals surface area contributed by atoms with E-state index in [1.807, 2.05) is 5.38 Å². The molecule has 16 heavy (non-hydrogen) atoms. The summed E-state index contributed by atoms with van der Waals surface area (Å²) in [5, 5.41) is 2.91. The first-order valence-electron chi connectivity index (χ1n) is 5.37. The third-order valence-corrected chi connectivity index (χ3v) is 4.07. The number of benzene rings is 1. The van der Waals surface area contributed by atoms with Gasteiger partial charge in [-0.2, -0.15) is 0 Å². The van der Waals surface area contributed by atoms with Crippen LogP contribution in [0.25, 0.3) is 0 Å². The zero-order chi connectivity index (χ0) is 11.0. The topological polar surface area (TPSA) is 30.0 Å². The van der Waals surface area contributed by atoms with Crippen molar-refractivity contribution in [1.29, 1.82) is 0 Å². The van der Waals surface area contributed by atoms with Gasteiger partial charge >= 0.3 is 0 Å². The Hall–Kier alpha value is -1.48. The molecule has 2 aromatic rings. The van der Waals surface area contributed by atoms with Gasteiger partial charge in [0, 0.05) is 11.3 Å². The Balaban J connectivity index is 2.01. The van der Waals surface area contributed by atoms with E-state index in [1.54, 1.807) is 11.3 Å². The molecule has 80 valence electrons. The van der Waals surface area contributed by atoms with Gasteiger partial charge in [0.15, 0.2) is 6.29 Å². The number of hydrogen-bond acceptors (Lipinski definition) is 3. The van der Waals surface area contributed by atoms with Crippen LogP contribution in [-0.2, 0) is 6.42 Å². The standard InChI is InChI=1S/C13H11NOS/c15-7-10-8-16-13(14-10)12-6-5-9-3-1-2-4-11(9)12/h1-4,7-8,12H,5-6H2. The van der Waals surface area contributed by atoms with Crippen LogP contribution in [0.15, 0.2) is 29.6 Å². The van der Waals surface area contributed by atoms with Crippen LogP contribution in [-0.4, -0.2) is 11.3 Å². The Kier molecular flexibility index (Phi) is 2.33. The number of carbonyl (C=O) groups excluding carboxylic acids is 1. The van der Waals surface area contributed by atoms with E-state index in [9.17, 15) is 4.79 Å². The molecule has 0 spiro atoms. The summed E-state index contributed by atoms with van der Waals surface area (Å²) in [5.41, 5.74) is 3.37. The van der Waals surface area contributed by atoms with Gasteiger partial charge in [0.25, 0.3) is 0 Å². The maximum Gasteiger partial charge on any atom is 0.169 e. The van der Waals surface area contributed by atoms with E-state index < -0.39 is 0 Å². The SMILES string of the molecule is O=Cc1csc(C2CCc3ccccc32)n1. The van der Waals surface area contributed by atoms with E-state index in [0.717, 1.165) is 24.1 Å². The molecule has 1 atom stereocenters. The summed E-state index contributed by atoms with van der Waals surface area (Å²) in [7, 11) is 0. The molecule has 1 heterocycles. The molecule has 0 saturated heterocycles. The number of nitrogens with zero attached hydrogens (tertiary/aromatic N) is 1. The van der Waals surface area contributed by atoms with Crippen molar-refractivity contribution in [3.8, 4) is 0 Å². The lowest BCUT2D eigenvalue weighted by Gasteiger charge is -2.07. The van der Waals surface area contributed by atoms with Gasteiger partial charge in [0.2, 0.25) is 0 Å². The summed E-state index contributed by atoms with van der Waals surface area (Å²) in [6.07, 6.45) is 3.06. The number of fused-ring (bicyclic) bond motifs is 1. The molecule has 1 aliphatic rings. The Bertz CT molecular complexity index is 532. The number of aryl methyl sites for hydroxylation is 1. The number of rotatable bonds is 2. The largest absolute Gasteiger partial charge is 0.296 e. The monoisotopic (exact) mass is 229 g/mol. The first-order valence-corrected chi connectivity index (χ1v) is 6.25. The van der Waals surface area contributed by atoms with Crippen LogP contribution in [0.3, 0.4) is 0 Å². The van der Waals surface area contributed by atoms with Gasteiger partial charge in [-0.25, -0.2) is 4.98 Å². The zero-order valence-electron chi connectivity index (χ0n) is 8.72. The van der Waals surface area contributed by atoms with Crippen LogP contribution < -0.4 is 0 Å². The Labute approximate surface area is 98.0 Å². The predicted molar refractivity (Wildman–Crippen MR) is 64.1 cm³/mol. The number of hydrogen-bond donors (Lipinski definition) is 0. The van der Waals surface area contributed by atoms with Crippen LogP contribution in [0.1, 0.15) is 39.0 Å². The van der Waals surface area contributed by atoms with E-state index in [-0.39, 0.29) is 0 Å². The molecular weight excluding hydrogens is 218 g/mol. The molecule has 1 aromatic carbocycles. The highest BCUT2D eigenvalue weighted by Gasteiger charge is 2.25. The second-order valence-corrected chi connectivity index (χ2v) is 4.91. The van der Waals surface area contributed by atoms with E-state index in [4.69, 9.17) is 0 Å². The lowest BCUT2D eigenvalue weighted by atomic mass is 10.0. The second-order valence-electron chi connectivity index (χ2n) is 4.02. The molecule has 0 saturated carbocycles. The lowest BCUT2D eigenvalue weighted by Crippen LogP contribution is -1.95. The molecular formula is C13H11NOS. The summed E-state index contributed by atoms with van der Waals surface area (Å²) >= 11 is 1.59. The van der Waals surface area contributed by atoms with Crippen LogP contribution in [0.5, 0.6) is 0 Å². The molecule has 0 amide bonds. The van der Waals surface area contributed by atoms with Crippen LogP contribution in [0.4, 0.5) is 0 Å². The zero-order valence-corrected chi connectivity index (χ0v) is 9.54. The van der Waals surface area contributed by atoms with Crippen molar-refractivity contribution >= 4 is 17.6 Å². The molecule has 0 aliphatic heterocycles. The average Bonchev–Trinajstić information content (AvgIpc) is 2.94. The number of carbonyl (C=O) groups is 1. The highest BCUT2D eigenvalue weighted by atomic mass is 32.1. The molecule has 0 N–H and O–H groups in total. The van der Waals surface area contributed by atoms with Crippen molar-refractivity contribution in [3.63, 3.8) is 0 Å². The number of thiazole rings is 1. The first-order chi connectivity index (χ1) is 7.88. The fraction of sp³-hybridized carbons (Fsp3) is 0.231. The minimum absolute atomic E-state index is 0.398. The summed E-state index contributed by atoms with van der Waals surface area (Å²) < 4.78 is 0. The molecule has 3 rings (SSSR count). The quantitative estimate of drug-likeness (QED) is 0.741. The molecule has 3 heteroatoms. The van der Waals surface area contributed by atoms with Gasteiger partial charge in [-0.3, -0.25) is 4.79 Å². The third-order valence-electron chi connectivity index (χ3n) is 3.09. The average molecular weight is 229 g/mol. The van der Waals surface area contributed by atoms with Gasteiger partial charge in [0.1, 0.15) is 10.7 Å². The molecule has 0 radical (unpaired) electrons. The van der Waals surface area contributed by atoms with Crippen molar-refractivity contribution in [3.05, 3.63) is 51.5 Å². The molecule has 2 nitrogen and oxygen atoms in total. The number of aldehydes is 1. The summed E-state index contributed by atoms with van der Waals surface area (Å²) in [4.78, 5) is 15.0. The van der Waals surface area contributed by atoms with Gasteiger partial charge < -0.3 is 0 Å². The Morgan fingerprint density at radius 3 is 3.06 bits per heavy atom. The lowest BCUT2D eigenvalue weighted by molar-refractivity contribution is 0.111. The van der Waals surface area contributed by atoms with Gasteiger partial charge in [-0.05, 0) is 24.0 Å². The van der Waals surface area contributed by atoms with Gasteiger partial charge in [0.05, 0.1) is 0 Å². The van der Waals surface area contributed by atoms with E-state index in [0.29, 0.717) is 11.6 Å². The molecule has 1 aliphatic carbocycles. The van der Waals surface area contributed by atoms with Gasteiger partial charge in [-0.15, -0.1) is 11.3 Å². The first kappa shape index (κ1) is 9.73. The normalized spacial score (nSPS) is 18.4. The summed E-state index contributed by atoms with van der Waals surface area (Å²) in [6.45, 7) is 0. The fourth-order valence-electron chi connectivity index (χ4n) is 2.33. The van der Waals surface area contributed by atoms with Crippen molar-refractivity contribution < 1.29 is 4.79 Å². The predicted octanol–water partition coefficient (Wildman–Crippen LogP) is 3.03. The van der Waals surface area contributed by atoms with Crippen molar-refractivity contribution in [1.82, 2.24) is 4.98 Å². The summed E-state index contributed by atoms with van der Waals surface area (Å²) in [6, 6.07) is 8.52. The second kappa shape index (κ2) is 3.83. The third kappa shape index (κ3) is 1.48. The minimum atomic E-state index is 0.398.